The van der Waals surface area contributed by atoms with E-state index in [2.05, 4.69) is 48.5 Å². The van der Waals surface area contributed by atoms with Crippen LogP contribution in [0.1, 0.15) is 67.7 Å². The summed E-state index contributed by atoms with van der Waals surface area (Å²) >= 11 is 0. The highest BCUT2D eigenvalue weighted by Crippen LogP contribution is 2.36. The molecule has 86 valence electrons. The molecule has 0 saturated heterocycles. The third-order valence-corrected chi connectivity index (χ3v) is 3.36. The van der Waals surface area contributed by atoms with Crippen LogP contribution in [-0.4, -0.2) is 0 Å². The Morgan fingerprint density at radius 2 is 1.36 bits per heavy atom. The van der Waals surface area contributed by atoms with E-state index in [0.29, 0.717) is 5.41 Å². The van der Waals surface area contributed by atoms with Crippen molar-refractivity contribution in [2.24, 2.45) is 23.2 Å². The molecule has 0 nitrogen and oxygen atoms in total. The number of hydrogen-bond donors (Lipinski definition) is 0. The molecule has 0 fully saturated rings. The Bertz CT molecular complexity index is 135. The molecule has 1 unspecified atom stereocenters. The Kier molecular flexibility index (Phi) is 5.78. The van der Waals surface area contributed by atoms with E-state index in [0.717, 1.165) is 17.8 Å². The van der Waals surface area contributed by atoms with E-state index in [4.69, 9.17) is 0 Å². The minimum Gasteiger partial charge on any atom is -0.0651 e. The van der Waals surface area contributed by atoms with Crippen LogP contribution in [-0.2, 0) is 0 Å². The van der Waals surface area contributed by atoms with Crippen molar-refractivity contribution in [1.29, 1.82) is 0 Å². The molecule has 0 spiro atoms. The molecule has 0 rings (SSSR count). The second-order valence-electron chi connectivity index (χ2n) is 6.25. The smallest absolute Gasteiger partial charge is 0.0358 e. The minimum atomic E-state index is 0.484. The van der Waals surface area contributed by atoms with E-state index in [-0.39, 0.29) is 0 Å². The topological polar surface area (TPSA) is 0 Å². The molecule has 0 aliphatic rings. The van der Waals surface area contributed by atoms with Gasteiger partial charge in [0.1, 0.15) is 0 Å². The van der Waals surface area contributed by atoms with Gasteiger partial charge in [-0.05, 0) is 29.6 Å². The minimum absolute atomic E-state index is 0.484. The van der Waals surface area contributed by atoms with Crippen molar-refractivity contribution in [3.05, 3.63) is 0 Å². The van der Waals surface area contributed by atoms with Gasteiger partial charge in [0.15, 0.2) is 0 Å². The van der Waals surface area contributed by atoms with Crippen LogP contribution in [0, 0.1) is 23.2 Å². The van der Waals surface area contributed by atoms with E-state index in [1.54, 1.807) is 0 Å². The maximum absolute atomic E-state index is 2.38. The Morgan fingerprint density at radius 1 is 0.929 bits per heavy atom. The summed E-state index contributed by atoms with van der Waals surface area (Å²) in [5.41, 5.74) is 0.484. The van der Waals surface area contributed by atoms with E-state index >= 15 is 0 Å². The molecule has 0 aliphatic heterocycles. The monoisotopic (exact) mass is 198 g/mol. The molecule has 0 heterocycles. The van der Waals surface area contributed by atoms with Crippen LogP contribution >= 0.6 is 0 Å². The predicted octanol–water partition coefficient (Wildman–Crippen LogP) is 5.13. The van der Waals surface area contributed by atoms with E-state index in [1.165, 1.54) is 19.3 Å². The summed E-state index contributed by atoms with van der Waals surface area (Å²) in [6, 6.07) is 0. The summed E-state index contributed by atoms with van der Waals surface area (Å²) in [4.78, 5) is 0. The second-order valence-corrected chi connectivity index (χ2v) is 6.25. The lowest BCUT2D eigenvalue weighted by atomic mass is 9.72. The van der Waals surface area contributed by atoms with Gasteiger partial charge in [-0.1, -0.05) is 61.3 Å². The first-order valence-electron chi connectivity index (χ1n) is 6.31. The maximum Gasteiger partial charge on any atom is -0.0358 e. The van der Waals surface area contributed by atoms with Gasteiger partial charge in [-0.2, -0.15) is 0 Å². The van der Waals surface area contributed by atoms with Crippen molar-refractivity contribution >= 4 is 0 Å². The van der Waals surface area contributed by atoms with Gasteiger partial charge in [0.2, 0.25) is 0 Å². The van der Waals surface area contributed by atoms with E-state index < -0.39 is 0 Å². The Balaban J connectivity index is 4.43. The van der Waals surface area contributed by atoms with Crippen molar-refractivity contribution in [3.8, 4) is 0 Å². The van der Waals surface area contributed by atoms with E-state index in [9.17, 15) is 0 Å². The highest BCUT2D eigenvalue weighted by Gasteiger charge is 2.26. The van der Waals surface area contributed by atoms with Gasteiger partial charge in [-0.15, -0.1) is 0 Å². The summed E-state index contributed by atoms with van der Waals surface area (Å²) in [5, 5.41) is 0. The quantitative estimate of drug-likeness (QED) is 0.574. The highest BCUT2D eigenvalue weighted by atomic mass is 14.3. The van der Waals surface area contributed by atoms with Gasteiger partial charge >= 0.3 is 0 Å². The van der Waals surface area contributed by atoms with Gasteiger partial charge in [-0.25, -0.2) is 0 Å². The normalized spacial score (nSPS) is 15.2. The summed E-state index contributed by atoms with van der Waals surface area (Å²) in [7, 11) is 0. The molecule has 0 bridgehead atoms. The van der Waals surface area contributed by atoms with Gasteiger partial charge in [0.05, 0.1) is 0 Å². The van der Waals surface area contributed by atoms with Crippen molar-refractivity contribution in [2.45, 2.75) is 67.7 Å². The molecule has 0 aromatic heterocycles. The first-order chi connectivity index (χ1) is 6.31. The second kappa shape index (κ2) is 5.78. The fourth-order valence-electron chi connectivity index (χ4n) is 2.55. The molecular formula is C14H30. The zero-order valence-corrected chi connectivity index (χ0v) is 11.4. The fourth-order valence-corrected chi connectivity index (χ4v) is 2.55. The van der Waals surface area contributed by atoms with Crippen LogP contribution < -0.4 is 0 Å². The molecule has 0 saturated carbocycles. The average molecular weight is 198 g/mol. The third-order valence-electron chi connectivity index (χ3n) is 3.36. The van der Waals surface area contributed by atoms with Crippen LogP contribution in [0.3, 0.4) is 0 Å². The van der Waals surface area contributed by atoms with Crippen LogP contribution in [0.4, 0.5) is 0 Å². The van der Waals surface area contributed by atoms with Gasteiger partial charge in [0.25, 0.3) is 0 Å². The first-order valence-corrected chi connectivity index (χ1v) is 6.31. The molecule has 1 atom stereocenters. The molecular weight excluding hydrogens is 168 g/mol. The number of rotatable bonds is 5. The SMILES string of the molecule is CCC(CC)C(CC(C)(C)C)C(C)C. The lowest BCUT2D eigenvalue weighted by Crippen LogP contribution is -2.24. The van der Waals surface area contributed by atoms with Crippen LogP contribution in [0.25, 0.3) is 0 Å². The largest absolute Gasteiger partial charge is 0.0651 e. The van der Waals surface area contributed by atoms with Gasteiger partial charge in [-0.3, -0.25) is 0 Å². The van der Waals surface area contributed by atoms with E-state index in [1.807, 2.05) is 0 Å². The zero-order chi connectivity index (χ0) is 11.4. The van der Waals surface area contributed by atoms with Crippen molar-refractivity contribution in [2.75, 3.05) is 0 Å². The van der Waals surface area contributed by atoms with Crippen molar-refractivity contribution < 1.29 is 0 Å². The van der Waals surface area contributed by atoms with Crippen molar-refractivity contribution in [1.82, 2.24) is 0 Å². The average Bonchev–Trinajstić information content (AvgIpc) is 2.02. The Morgan fingerprint density at radius 3 is 1.57 bits per heavy atom. The number of hydrogen-bond acceptors (Lipinski definition) is 0. The van der Waals surface area contributed by atoms with Gasteiger partial charge in [0, 0.05) is 0 Å². The zero-order valence-electron chi connectivity index (χ0n) is 11.4. The summed E-state index contributed by atoms with van der Waals surface area (Å²) < 4.78 is 0. The standard InChI is InChI=1S/C14H30/c1-8-12(9-2)13(11(3)4)10-14(5,6)7/h11-13H,8-10H2,1-7H3. The van der Waals surface area contributed by atoms with Gasteiger partial charge < -0.3 is 0 Å². The summed E-state index contributed by atoms with van der Waals surface area (Å²) in [6.45, 7) is 16.5. The molecule has 0 heteroatoms. The first kappa shape index (κ1) is 14.0. The molecule has 0 N–H and O–H groups in total. The summed E-state index contributed by atoms with van der Waals surface area (Å²) in [5.74, 6) is 2.67. The Hall–Kier alpha value is 0. The molecule has 0 amide bonds. The van der Waals surface area contributed by atoms with Crippen LogP contribution in [0.2, 0.25) is 0 Å². The highest BCUT2D eigenvalue weighted by molar-refractivity contribution is 4.76. The molecule has 0 aromatic rings. The predicted molar refractivity (Wildman–Crippen MR) is 66.5 cm³/mol. The molecule has 0 aliphatic carbocycles. The molecule has 0 radical (unpaired) electrons. The maximum atomic E-state index is 2.38. The summed E-state index contributed by atoms with van der Waals surface area (Å²) in [6.07, 6.45) is 4.06. The van der Waals surface area contributed by atoms with Crippen LogP contribution in [0.5, 0.6) is 0 Å². The molecule has 0 aromatic carbocycles. The lowest BCUT2D eigenvalue weighted by molar-refractivity contribution is 0.163. The lowest BCUT2D eigenvalue weighted by Gasteiger charge is -2.34. The third kappa shape index (κ3) is 5.02. The van der Waals surface area contributed by atoms with Crippen molar-refractivity contribution in [3.63, 3.8) is 0 Å². The fraction of sp³-hybridized carbons (Fsp3) is 1.00. The Labute approximate surface area is 91.5 Å². The van der Waals surface area contributed by atoms with Crippen LogP contribution in [0.15, 0.2) is 0 Å². The molecule has 14 heavy (non-hydrogen) atoms.